The Bertz CT molecular complexity index is 582. The van der Waals surface area contributed by atoms with E-state index in [1.807, 2.05) is 0 Å². The highest BCUT2D eigenvalue weighted by Gasteiger charge is 2.47. The van der Waals surface area contributed by atoms with Gasteiger partial charge in [0.25, 0.3) is 6.43 Å². The first-order valence-electron chi connectivity index (χ1n) is 8.20. The Morgan fingerprint density at radius 2 is 1.83 bits per heavy atom. The van der Waals surface area contributed by atoms with Gasteiger partial charge in [0.15, 0.2) is 0 Å². The van der Waals surface area contributed by atoms with Crippen molar-refractivity contribution >= 4 is 5.91 Å². The SMILES string of the molecule is O=C(NC1CCN(CC(F)F)CC1)C1CC1c1c(F)cccc1F. The third kappa shape index (κ3) is 3.88. The minimum atomic E-state index is -2.35. The van der Waals surface area contributed by atoms with E-state index in [4.69, 9.17) is 0 Å². The Labute approximate surface area is 138 Å². The van der Waals surface area contributed by atoms with Crippen LogP contribution in [0.1, 0.15) is 30.7 Å². The van der Waals surface area contributed by atoms with E-state index in [1.165, 1.54) is 18.2 Å². The zero-order valence-corrected chi connectivity index (χ0v) is 13.2. The quantitative estimate of drug-likeness (QED) is 0.833. The number of amides is 1. The van der Waals surface area contributed by atoms with Gasteiger partial charge in [0.2, 0.25) is 5.91 Å². The minimum Gasteiger partial charge on any atom is -0.353 e. The van der Waals surface area contributed by atoms with Gasteiger partial charge < -0.3 is 5.32 Å². The predicted molar refractivity (Wildman–Crippen MR) is 80.8 cm³/mol. The summed E-state index contributed by atoms with van der Waals surface area (Å²) in [5.41, 5.74) is -0.00981. The number of nitrogens with one attached hydrogen (secondary N) is 1. The summed E-state index contributed by atoms with van der Waals surface area (Å²) in [6, 6.07) is 3.64. The molecule has 1 N–H and O–H groups in total. The lowest BCUT2D eigenvalue weighted by molar-refractivity contribution is -0.123. The van der Waals surface area contributed by atoms with Gasteiger partial charge in [0.1, 0.15) is 11.6 Å². The number of piperidine rings is 1. The maximum absolute atomic E-state index is 13.7. The molecule has 2 unspecified atom stereocenters. The molecule has 3 rings (SSSR count). The first-order chi connectivity index (χ1) is 11.5. The van der Waals surface area contributed by atoms with Gasteiger partial charge in [-0.3, -0.25) is 9.69 Å². The van der Waals surface area contributed by atoms with Crippen molar-refractivity contribution in [2.45, 2.75) is 37.6 Å². The molecule has 132 valence electrons. The summed E-state index contributed by atoms with van der Waals surface area (Å²) in [5, 5.41) is 2.90. The lowest BCUT2D eigenvalue weighted by atomic mass is 10.0. The summed E-state index contributed by atoms with van der Waals surface area (Å²) in [4.78, 5) is 13.9. The normalized spacial score (nSPS) is 25.0. The van der Waals surface area contributed by atoms with Gasteiger partial charge in [-0.1, -0.05) is 6.07 Å². The van der Waals surface area contributed by atoms with Crippen LogP contribution in [0.3, 0.4) is 0 Å². The summed E-state index contributed by atoms with van der Waals surface area (Å²) in [7, 11) is 0. The first-order valence-corrected chi connectivity index (χ1v) is 8.20. The standard InChI is InChI=1S/C17H20F4N2O/c18-13-2-1-3-14(19)16(13)11-8-12(11)17(24)22-10-4-6-23(7-5-10)9-15(20)21/h1-3,10-12,15H,4-9H2,(H,22,24). The van der Waals surface area contributed by atoms with Gasteiger partial charge in [-0.25, -0.2) is 17.6 Å². The number of halogens is 4. The van der Waals surface area contributed by atoms with Crippen LogP contribution in [0, 0.1) is 17.6 Å². The molecule has 0 spiro atoms. The fourth-order valence-electron chi connectivity index (χ4n) is 3.43. The molecule has 1 aliphatic carbocycles. The van der Waals surface area contributed by atoms with Crippen molar-refractivity contribution in [3.63, 3.8) is 0 Å². The summed E-state index contributed by atoms with van der Waals surface area (Å²) in [6.07, 6.45) is -0.680. The molecule has 2 aliphatic rings. The maximum Gasteiger partial charge on any atom is 0.251 e. The molecular weight excluding hydrogens is 324 g/mol. The van der Waals surface area contributed by atoms with Gasteiger partial charge in [-0.15, -0.1) is 0 Å². The largest absolute Gasteiger partial charge is 0.353 e. The average Bonchev–Trinajstić information content (AvgIpc) is 3.29. The van der Waals surface area contributed by atoms with Gasteiger partial charge in [-0.05, 0) is 31.4 Å². The Morgan fingerprint density at radius 1 is 1.21 bits per heavy atom. The number of alkyl halides is 2. The van der Waals surface area contributed by atoms with Gasteiger partial charge in [0.05, 0.1) is 6.54 Å². The lowest BCUT2D eigenvalue weighted by Crippen LogP contribution is -2.46. The van der Waals surface area contributed by atoms with Crippen molar-refractivity contribution in [3.05, 3.63) is 35.4 Å². The van der Waals surface area contributed by atoms with E-state index in [-0.39, 0.29) is 24.1 Å². The van der Waals surface area contributed by atoms with Crippen LogP contribution in [0.25, 0.3) is 0 Å². The number of benzene rings is 1. The zero-order chi connectivity index (χ0) is 17.3. The van der Waals surface area contributed by atoms with Crippen molar-refractivity contribution in [3.8, 4) is 0 Å². The van der Waals surface area contributed by atoms with Crippen LogP contribution in [-0.4, -0.2) is 42.9 Å². The Hall–Kier alpha value is -1.63. The van der Waals surface area contributed by atoms with Crippen molar-refractivity contribution < 1.29 is 22.4 Å². The van der Waals surface area contributed by atoms with E-state index in [9.17, 15) is 22.4 Å². The molecule has 1 saturated carbocycles. The molecule has 1 heterocycles. The van der Waals surface area contributed by atoms with E-state index in [0.717, 1.165) is 0 Å². The number of carbonyl (C=O) groups is 1. The maximum atomic E-state index is 13.7. The molecule has 1 aromatic rings. The first kappa shape index (κ1) is 17.2. The van der Waals surface area contributed by atoms with Crippen LogP contribution < -0.4 is 5.32 Å². The van der Waals surface area contributed by atoms with Crippen LogP contribution in [0.4, 0.5) is 17.6 Å². The fourth-order valence-corrected chi connectivity index (χ4v) is 3.43. The highest BCUT2D eigenvalue weighted by Crippen LogP contribution is 2.49. The number of nitrogens with zero attached hydrogens (tertiary/aromatic N) is 1. The summed E-state index contributed by atoms with van der Waals surface area (Å²) < 4.78 is 52.2. The molecule has 24 heavy (non-hydrogen) atoms. The highest BCUT2D eigenvalue weighted by atomic mass is 19.3. The second-order valence-electron chi connectivity index (χ2n) is 6.56. The molecule has 3 nitrogen and oxygen atoms in total. The van der Waals surface area contributed by atoms with Crippen molar-refractivity contribution in [2.24, 2.45) is 5.92 Å². The van der Waals surface area contributed by atoms with Gasteiger partial charge in [0, 0.05) is 36.5 Å². The van der Waals surface area contributed by atoms with Crippen LogP contribution in [-0.2, 0) is 4.79 Å². The number of rotatable bonds is 5. The molecular formula is C17H20F4N2O. The molecule has 1 saturated heterocycles. The number of hydrogen-bond acceptors (Lipinski definition) is 2. The Balaban J connectivity index is 1.49. The second-order valence-corrected chi connectivity index (χ2v) is 6.56. The highest BCUT2D eigenvalue weighted by molar-refractivity contribution is 5.83. The fraction of sp³-hybridized carbons (Fsp3) is 0.588. The topological polar surface area (TPSA) is 32.3 Å². The monoisotopic (exact) mass is 344 g/mol. The van der Waals surface area contributed by atoms with Crippen LogP contribution in [0.15, 0.2) is 18.2 Å². The molecule has 0 aromatic heterocycles. The molecule has 1 aliphatic heterocycles. The Morgan fingerprint density at radius 3 is 2.42 bits per heavy atom. The third-order valence-corrected chi connectivity index (χ3v) is 4.83. The average molecular weight is 344 g/mol. The van der Waals surface area contributed by atoms with Crippen LogP contribution in [0.2, 0.25) is 0 Å². The molecule has 2 atom stereocenters. The molecule has 0 bridgehead atoms. The van der Waals surface area contributed by atoms with Gasteiger partial charge in [-0.2, -0.15) is 0 Å². The van der Waals surface area contributed by atoms with E-state index in [0.29, 0.717) is 32.4 Å². The van der Waals surface area contributed by atoms with Crippen molar-refractivity contribution in [1.29, 1.82) is 0 Å². The molecule has 0 radical (unpaired) electrons. The lowest BCUT2D eigenvalue weighted by Gasteiger charge is -2.32. The second kappa shape index (κ2) is 7.09. The summed E-state index contributed by atoms with van der Waals surface area (Å²) in [6.45, 7) is 0.800. The number of hydrogen-bond donors (Lipinski definition) is 1. The van der Waals surface area contributed by atoms with Crippen LogP contribution in [0.5, 0.6) is 0 Å². The van der Waals surface area contributed by atoms with E-state index in [1.54, 1.807) is 4.90 Å². The summed E-state index contributed by atoms with van der Waals surface area (Å²) in [5.74, 6) is -2.25. The molecule has 1 aromatic carbocycles. The minimum absolute atomic E-state index is 0.00981. The van der Waals surface area contributed by atoms with Crippen molar-refractivity contribution in [2.75, 3.05) is 19.6 Å². The number of likely N-dealkylation sites (tertiary alicyclic amines) is 1. The van der Waals surface area contributed by atoms with Crippen molar-refractivity contribution in [1.82, 2.24) is 10.2 Å². The summed E-state index contributed by atoms with van der Waals surface area (Å²) >= 11 is 0. The van der Waals surface area contributed by atoms with E-state index < -0.39 is 29.9 Å². The van der Waals surface area contributed by atoms with Gasteiger partial charge >= 0.3 is 0 Å². The smallest absolute Gasteiger partial charge is 0.251 e. The Kier molecular flexibility index (Phi) is 5.08. The van der Waals surface area contributed by atoms with E-state index in [2.05, 4.69) is 5.32 Å². The third-order valence-electron chi connectivity index (χ3n) is 4.83. The molecule has 1 amide bonds. The number of carbonyl (C=O) groups excluding carboxylic acids is 1. The molecule has 7 heteroatoms. The molecule has 2 fully saturated rings. The van der Waals surface area contributed by atoms with Crippen LogP contribution >= 0.6 is 0 Å². The van der Waals surface area contributed by atoms with E-state index >= 15 is 0 Å². The predicted octanol–water partition coefficient (Wildman–Crippen LogP) is 2.91. The zero-order valence-electron chi connectivity index (χ0n) is 13.2.